The first kappa shape index (κ1) is 16.1. The van der Waals surface area contributed by atoms with E-state index in [-0.39, 0.29) is 12.4 Å². The van der Waals surface area contributed by atoms with Gasteiger partial charge in [0.15, 0.2) is 5.75 Å². The molecule has 0 saturated carbocycles. The van der Waals surface area contributed by atoms with Crippen molar-refractivity contribution in [1.29, 1.82) is 0 Å². The van der Waals surface area contributed by atoms with Gasteiger partial charge in [-0.05, 0) is 52.9 Å². The molecule has 0 aliphatic heterocycles. The van der Waals surface area contributed by atoms with Crippen LogP contribution in [0.4, 0.5) is 0 Å². The fraction of sp³-hybridized carbons (Fsp3) is 0.125. The number of benzene rings is 1. The van der Waals surface area contributed by atoms with Crippen LogP contribution < -0.4 is 4.74 Å². The third kappa shape index (κ3) is 3.28. The molecule has 7 heteroatoms. The minimum Gasteiger partial charge on any atom is -0.482 e. The molecule has 0 aliphatic rings. The van der Waals surface area contributed by atoms with Gasteiger partial charge in [0.05, 0.1) is 15.7 Å². The molecule has 0 atom stereocenters. The van der Waals surface area contributed by atoms with E-state index in [2.05, 4.69) is 32.3 Å². The molecule has 0 bridgehead atoms. The quantitative estimate of drug-likeness (QED) is 0.440. The lowest BCUT2D eigenvalue weighted by Gasteiger charge is -2.11. The lowest BCUT2D eigenvalue weighted by Crippen LogP contribution is -2.00. The van der Waals surface area contributed by atoms with Crippen LogP contribution >= 0.6 is 34.2 Å². The van der Waals surface area contributed by atoms with Crippen molar-refractivity contribution < 1.29 is 18.7 Å². The van der Waals surface area contributed by atoms with E-state index in [0.717, 1.165) is 8.96 Å². The van der Waals surface area contributed by atoms with E-state index < -0.39 is 5.97 Å². The summed E-state index contributed by atoms with van der Waals surface area (Å²) >= 11 is 8.38. The number of fused-ring (bicyclic) bond motifs is 1. The first-order valence-electron chi connectivity index (χ1n) is 6.62. The van der Waals surface area contributed by atoms with Gasteiger partial charge in [0, 0.05) is 11.6 Å². The highest BCUT2D eigenvalue weighted by Gasteiger charge is 2.15. The standard InChI is InChI=1S/C16H11ClINO4/c1-21-16(20)13-5-4-9(23-13)8-22-15-12(18)7-11(17)10-3-2-6-19-14(10)15/h2-7H,8H2,1H3. The Kier molecular flexibility index (Phi) is 4.72. The van der Waals surface area contributed by atoms with Gasteiger partial charge in [-0.1, -0.05) is 11.6 Å². The SMILES string of the molecule is COC(=O)c1ccc(COc2c(I)cc(Cl)c3cccnc23)o1. The molecule has 1 aromatic carbocycles. The maximum atomic E-state index is 11.4. The number of carbonyl (C=O) groups is 1. The molecule has 0 N–H and O–H groups in total. The third-order valence-electron chi connectivity index (χ3n) is 3.16. The Bertz CT molecular complexity index is 878. The van der Waals surface area contributed by atoms with Crippen molar-refractivity contribution in [2.45, 2.75) is 6.61 Å². The smallest absolute Gasteiger partial charge is 0.373 e. The van der Waals surface area contributed by atoms with E-state index in [9.17, 15) is 4.79 Å². The number of furan rings is 1. The molecule has 5 nitrogen and oxygen atoms in total. The molecule has 3 rings (SSSR count). The maximum absolute atomic E-state index is 11.4. The molecular weight excluding hydrogens is 433 g/mol. The molecule has 0 saturated heterocycles. The summed E-state index contributed by atoms with van der Waals surface area (Å²) in [4.78, 5) is 15.7. The number of hydrogen-bond acceptors (Lipinski definition) is 5. The van der Waals surface area contributed by atoms with E-state index in [1.165, 1.54) is 7.11 Å². The maximum Gasteiger partial charge on any atom is 0.373 e. The van der Waals surface area contributed by atoms with Gasteiger partial charge in [0.2, 0.25) is 5.76 Å². The van der Waals surface area contributed by atoms with Crippen LogP contribution in [-0.4, -0.2) is 18.1 Å². The number of halogens is 2. The van der Waals surface area contributed by atoms with Crippen molar-refractivity contribution in [2.75, 3.05) is 7.11 Å². The Morgan fingerprint density at radius 3 is 3.00 bits per heavy atom. The van der Waals surface area contributed by atoms with Crippen LogP contribution in [0.1, 0.15) is 16.3 Å². The summed E-state index contributed by atoms with van der Waals surface area (Å²) in [5, 5.41) is 1.44. The van der Waals surface area contributed by atoms with Gasteiger partial charge in [0.1, 0.15) is 17.9 Å². The van der Waals surface area contributed by atoms with Gasteiger partial charge in [-0.25, -0.2) is 4.79 Å². The van der Waals surface area contributed by atoms with Gasteiger partial charge >= 0.3 is 5.97 Å². The van der Waals surface area contributed by atoms with Crippen molar-refractivity contribution >= 4 is 51.1 Å². The van der Waals surface area contributed by atoms with Crippen molar-refractivity contribution in [2.24, 2.45) is 0 Å². The molecule has 0 radical (unpaired) electrons. The van der Waals surface area contributed by atoms with Crippen LogP contribution in [0.15, 0.2) is 40.9 Å². The number of ether oxygens (including phenoxy) is 2. The first-order valence-corrected chi connectivity index (χ1v) is 8.08. The number of nitrogens with zero attached hydrogens (tertiary/aromatic N) is 1. The van der Waals surface area contributed by atoms with Crippen LogP contribution in [0.2, 0.25) is 5.02 Å². The summed E-state index contributed by atoms with van der Waals surface area (Å²) < 4.78 is 16.7. The molecular formula is C16H11ClINO4. The number of esters is 1. The van der Waals surface area contributed by atoms with Gasteiger partial charge in [0.25, 0.3) is 0 Å². The monoisotopic (exact) mass is 443 g/mol. The molecule has 23 heavy (non-hydrogen) atoms. The van der Waals surface area contributed by atoms with Crippen molar-refractivity contribution in [3.63, 3.8) is 0 Å². The normalized spacial score (nSPS) is 10.7. The molecule has 2 heterocycles. The Balaban J connectivity index is 1.87. The van der Waals surface area contributed by atoms with Gasteiger partial charge in [-0.2, -0.15) is 0 Å². The van der Waals surface area contributed by atoms with E-state index in [1.54, 1.807) is 18.3 Å². The molecule has 0 amide bonds. The Morgan fingerprint density at radius 1 is 1.39 bits per heavy atom. The number of rotatable bonds is 4. The zero-order valence-electron chi connectivity index (χ0n) is 12.0. The number of pyridine rings is 1. The molecule has 118 valence electrons. The fourth-order valence-electron chi connectivity index (χ4n) is 2.09. The lowest BCUT2D eigenvalue weighted by molar-refractivity contribution is 0.0561. The highest BCUT2D eigenvalue weighted by molar-refractivity contribution is 14.1. The van der Waals surface area contributed by atoms with E-state index >= 15 is 0 Å². The number of methoxy groups -OCH3 is 1. The lowest BCUT2D eigenvalue weighted by atomic mass is 10.2. The largest absolute Gasteiger partial charge is 0.482 e. The summed E-state index contributed by atoms with van der Waals surface area (Å²) in [6.07, 6.45) is 1.68. The van der Waals surface area contributed by atoms with Crippen molar-refractivity contribution in [3.05, 3.63) is 56.6 Å². The zero-order valence-corrected chi connectivity index (χ0v) is 14.9. The first-order chi connectivity index (χ1) is 11.1. The summed E-state index contributed by atoms with van der Waals surface area (Å²) in [7, 11) is 1.30. The second-order valence-corrected chi connectivity index (χ2v) is 6.18. The minimum atomic E-state index is -0.524. The topological polar surface area (TPSA) is 61.6 Å². The van der Waals surface area contributed by atoms with Gasteiger partial charge in [-0.15, -0.1) is 0 Å². The Labute approximate surface area is 150 Å². The average Bonchev–Trinajstić information content (AvgIpc) is 3.03. The molecule has 0 fully saturated rings. The molecule has 0 spiro atoms. The fourth-order valence-corrected chi connectivity index (χ4v) is 3.26. The second-order valence-electron chi connectivity index (χ2n) is 4.62. The number of aromatic nitrogens is 1. The predicted octanol–water partition coefficient (Wildman–Crippen LogP) is 4.45. The minimum absolute atomic E-state index is 0.139. The van der Waals surface area contributed by atoms with Crippen LogP contribution in [0.3, 0.4) is 0 Å². The summed E-state index contributed by atoms with van der Waals surface area (Å²) in [6, 6.07) is 8.75. The average molecular weight is 444 g/mol. The highest BCUT2D eigenvalue weighted by atomic mass is 127. The predicted molar refractivity (Wildman–Crippen MR) is 93.8 cm³/mol. The van der Waals surface area contributed by atoms with Crippen LogP contribution in [0, 0.1) is 3.57 Å². The summed E-state index contributed by atoms with van der Waals surface area (Å²) in [5.74, 6) is 0.756. The van der Waals surface area contributed by atoms with Gasteiger partial charge < -0.3 is 13.9 Å². The molecule has 3 aromatic rings. The van der Waals surface area contributed by atoms with Gasteiger partial charge in [-0.3, -0.25) is 4.98 Å². The Morgan fingerprint density at radius 2 is 2.22 bits per heavy atom. The Hall–Kier alpha value is -1.80. The van der Waals surface area contributed by atoms with E-state index in [1.807, 2.05) is 18.2 Å². The molecule has 2 aromatic heterocycles. The van der Waals surface area contributed by atoms with Crippen molar-refractivity contribution in [1.82, 2.24) is 4.98 Å². The van der Waals surface area contributed by atoms with E-state index in [0.29, 0.717) is 22.0 Å². The van der Waals surface area contributed by atoms with Crippen LogP contribution in [-0.2, 0) is 11.3 Å². The number of carbonyl (C=O) groups excluding carboxylic acids is 1. The zero-order chi connectivity index (χ0) is 16.4. The summed E-state index contributed by atoms with van der Waals surface area (Å²) in [6.45, 7) is 0.167. The van der Waals surface area contributed by atoms with E-state index in [4.69, 9.17) is 20.8 Å². The second kappa shape index (κ2) is 6.76. The highest BCUT2D eigenvalue weighted by Crippen LogP contribution is 2.35. The third-order valence-corrected chi connectivity index (χ3v) is 4.27. The summed E-state index contributed by atoms with van der Waals surface area (Å²) in [5.41, 5.74) is 0.684. The molecule has 0 aliphatic carbocycles. The van der Waals surface area contributed by atoms with Crippen molar-refractivity contribution in [3.8, 4) is 5.75 Å². The van der Waals surface area contributed by atoms with Crippen LogP contribution in [0.25, 0.3) is 10.9 Å². The molecule has 0 unspecified atom stereocenters. The van der Waals surface area contributed by atoms with Crippen LogP contribution in [0.5, 0.6) is 5.75 Å². The number of hydrogen-bond donors (Lipinski definition) is 0.